The third-order valence-corrected chi connectivity index (χ3v) is 4.61. The first-order valence-electron chi connectivity index (χ1n) is 6.78. The minimum absolute atomic E-state index is 0.102. The van der Waals surface area contributed by atoms with Crippen molar-refractivity contribution in [1.82, 2.24) is 24.8 Å². The van der Waals surface area contributed by atoms with Gasteiger partial charge in [-0.1, -0.05) is 11.3 Å². The Labute approximate surface area is 121 Å². The molecule has 3 heterocycles. The predicted octanol–water partition coefficient (Wildman–Crippen LogP) is 0.643. The maximum atomic E-state index is 11.9. The zero-order chi connectivity index (χ0) is 14.3. The SMILES string of the molecule is Cc1cc(=O)n2nc(CN3CCNCC3(C)C)sc2n1. The van der Waals surface area contributed by atoms with Crippen LogP contribution in [0.15, 0.2) is 10.9 Å². The molecular formula is C13H19N5OS. The number of hydrogen-bond acceptors (Lipinski definition) is 6. The zero-order valence-corrected chi connectivity index (χ0v) is 12.8. The van der Waals surface area contributed by atoms with Gasteiger partial charge in [0.25, 0.3) is 5.56 Å². The van der Waals surface area contributed by atoms with E-state index in [1.54, 1.807) is 0 Å². The van der Waals surface area contributed by atoms with Crippen molar-refractivity contribution in [3.05, 3.63) is 27.1 Å². The molecule has 0 amide bonds. The Balaban J connectivity index is 1.91. The van der Waals surface area contributed by atoms with Crippen LogP contribution in [0, 0.1) is 6.92 Å². The van der Waals surface area contributed by atoms with Crippen LogP contribution in [0.1, 0.15) is 24.5 Å². The summed E-state index contributed by atoms with van der Waals surface area (Å²) in [6.45, 7) is 9.99. The van der Waals surface area contributed by atoms with E-state index in [1.807, 2.05) is 6.92 Å². The average molecular weight is 293 g/mol. The van der Waals surface area contributed by atoms with Crippen molar-refractivity contribution >= 4 is 16.3 Å². The Morgan fingerprint density at radius 3 is 3.05 bits per heavy atom. The first-order chi connectivity index (χ1) is 9.45. The van der Waals surface area contributed by atoms with Gasteiger partial charge in [-0.25, -0.2) is 4.98 Å². The van der Waals surface area contributed by atoms with Crippen LogP contribution in [0.4, 0.5) is 0 Å². The third-order valence-electron chi connectivity index (χ3n) is 3.71. The minimum Gasteiger partial charge on any atom is -0.314 e. The number of aryl methyl sites for hydroxylation is 1. The van der Waals surface area contributed by atoms with Crippen molar-refractivity contribution in [3.63, 3.8) is 0 Å². The van der Waals surface area contributed by atoms with Crippen LogP contribution < -0.4 is 10.9 Å². The molecule has 1 saturated heterocycles. The summed E-state index contributed by atoms with van der Waals surface area (Å²) in [6, 6.07) is 1.52. The summed E-state index contributed by atoms with van der Waals surface area (Å²) in [5, 5.41) is 8.76. The van der Waals surface area contributed by atoms with Crippen molar-refractivity contribution in [1.29, 1.82) is 0 Å². The third kappa shape index (κ3) is 2.48. The van der Waals surface area contributed by atoms with Gasteiger partial charge in [-0.3, -0.25) is 9.69 Å². The normalized spacial score (nSPS) is 19.6. The molecule has 20 heavy (non-hydrogen) atoms. The fourth-order valence-corrected chi connectivity index (χ4v) is 3.46. The second kappa shape index (κ2) is 4.91. The molecule has 0 atom stereocenters. The molecule has 1 N–H and O–H groups in total. The summed E-state index contributed by atoms with van der Waals surface area (Å²) in [5.41, 5.74) is 0.743. The van der Waals surface area contributed by atoms with Crippen molar-refractivity contribution in [3.8, 4) is 0 Å². The maximum absolute atomic E-state index is 11.9. The lowest BCUT2D eigenvalue weighted by molar-refractivity contribution is 0.0824. The number of nitrogens with one attached hydrogen (secondary N) is 1. The summed E-state index contributed by atoms with van der Waals surface area (Å²) in [4.78, 5) is 19.3. The molecule has 3 rings (SSSR count). The van der Waals surface area contributed by atoms with Gasteiger partial charge in [0.05, 0.1) is 6.54 Å². The van der Waals surface area contributed by atoms with E-state index in [1.165, 1.54) is 21.9 Å². The van der Waals surface area contributed by atoms with Crippen molar-refractivity contribution < 1.29 is 0 Å². The highest BCUT2D eigenvalue weighted by Gasteiger charge is 2.30. The van der Waals surface area contributed by atoms with Crippen LogP contribution in [0.3, 0.4) is 0 Å². The number of nitrogens with zero attached hydrogens (tertiary/aromatic N) is 4. The van der Waals surface area contributed by atoms with Crippen molar-refractivity contribution in [2.24, 2.45) is 0 Å². The second-order valence-corrected chi connectivity index (χ2v) is 6.88. The summed E-state index contributed by atoms with van der Waals surface area (Å²) < 4.78 is 1.40. The molecule has 0 radical (unpaired) electrons. The molecule has 1 aliphatic heterocycles. The van der Waals surface area contributed by atoms with Gasteiger partial charge in [0.15, 0.2) is 0 Å². The quantitative estimate of drug-likeness (QED) is 0.880. The highest BCUT2D eigenvalue weighted by Crippen LogP contribution is 2.21. The standard InChI is InChI=1S/C13H19N5OS/c1-9-6-11(19)18-12(15-9)20-10(16-18)7-17-5-4-14-8-13(17,2)3/h6,14H,4-5,7-8H2,1-3H3. The maximum Gasteiger partial charge on any atom is 0.275 e. The number of piperazine rings is 1. The Morgan fingerprint density at radius 1 is 1.50 bits per heavy atom. The molecule has 2 aromatic rings. The van der Waals surface area contributed by atoms with Crippen LogP contribution in [0.5, 0.6) is 0 Å². The van der Waals surface area contributed by atoms with Gasteiger partial charge in [0.1, 0.15) is 5.01 Å². The highest BCUT2D eigenvalue weighted by atomic mass is 32.1. The first kappa shape index (κ1) is 13.7. The molecule has 7 heteroatoms. The molecule has 0 spiro atoms. The smallest absolute Gasteiger partial charge is 0.275 e. The van der Waals surface area contributed by atoms with E-state index in [0.717, 1.165) is 36.9 Å². The number of aromatic nitrogens is 3. The lowest BCUT2D eigenvalue weighted by Crippen LogP contribution is -2.57. The molecule has 0 aliphatic carbocycles. The number of rotatable bonds is 2. The molecule has 0 unspecified atom stereocenters. The van der Waals surface area contributed by atoms with E-state index in [9.17, 15) is 4.79 Å². The summed E-state index contributed by atoms with van der Waals surface area (Å²) >= 11 is 1.50. The summed E-state index contributed by atoms with van der Waals surface area (Å²) in [5.74, 6) is 0. The molecule has 6 nitrogen and oxygen atoms in total. The van der Waals surface area contributed by atoms with Crippen LogP contribution in [0.25, 0.3) is 4.96 Å². The monoisotopic (exact) mass is 293 g/mol. The van der Waals surface area contributed by atoms with Crippen LogP contribution in [-0.4, -0.2) is 44.7 Å². The molecule has 0 aromatic carbocycles. The van der Waals surface area contributed by atoms with E-state index in [4.69, 9.17) is 0 Å². The van der Waals surface area contributed by atoms with E-state index < -0.39 is 0 Å². The van der Waals surface area contributed by atoms with E-state index >= 15 is 0 Å². The molecule has 0 bridgehead atoms. The second-order valence-electron chi connectivity index (χ2n) is 5.84. The van der Waals surface area contributed by atoms with Crippen LogP contribution in [0.2, 0.25) is 0 Å². The molecule has 108 valence electrons. The van der Waals surface area contributed by atoms with Gasteiger partial charge in [-0.15, -0.1) is 0 Å². The fraction of sp³-hybridized carbons (Fsp3) is 0.615. The van der Waals surface area contributed by atoms with Crippen molar-refractivity contribution in [2.45, 2.75) is 32.9 Å². The molecular weight excluding hydrogens is 274 g/mol. The van der Waals surface area contributed by atoms with Crippen LogP contribution in [-0.2, 0) is 6.54 Å². The highest BCUT2D eigenvalue weighted by molar-refractivity contribution is 7.16. The van der Waals surface area contributed by atoms with E-state index in [0.29, 0.717) is 4.96 Å². The molecule has 2 aromatic heterocycles. The predicted molar refractivity (Wildman–Crippen MR) is 79.2 cm³/mol. The zero-order valence-electron chi connectivity index (χ0n) is 12.0. The van der Waals surface area contributed by atoms with Gasteiger partial charge in [-0.2, -0.15) is 9.61 Å². The Bertz CT molecular complexity index is 690. The number of hydrogen-bond donors (Lipinski definition) is 1. The van der Waals surface area contributed by atoms with Gasteiger partial charge < -0.3 is 5.32 Å². The van der Waals surface area contributed by atoms with Gasteiger partial charge in [0.2, 0.25) is 4.96 Å². The fourth-order valence-electron chi connectivity index (χ4n) is 2.50. The number of fused-ring (bicyclic) bond motifs is 1. The average Bonchev–Trinajstić information content (AvgIpc) is 2.74. The topological polar surface area (TPSA) is 62.5 Å². The Kier molecular flexibility index (Phi) is 3.35. The Morgan fingerprint density at radius 2 is 2.30 bits per heavy atom. The van der Waals surface area contributed by atoms with Gasteiger partial charge in [0, 0.05) is 36.9 Å². The molecule has 0 saturated carbocycles. The summed E-state index contributed by atoms with van der Waals surface area (Å²) in [7, 11) is 0. The first-order valence-corrected chi connectivity index (χ1v) is 7.59. The van der Waals surface area contributed by atoms with Gasteiger partial charge in [-0.05, 0) is 20.8 Å². The Hall–Kier alpha value is -1.31. The van der Waals surface area contributed by atoms with Crippen LogP contribution >= 0.6 is 11.3 Å². The molecule has 1 fully saturated rings. The van der Waals surface area contributed by atoms with Crippen molar-refractivity contribution in [2.75, 3.05) is 19.6 Å². The van der Waals surface area contributed by atoms with E-state index in [2.05, 4.69) is 34.1 Å². The lowest BCUT2D eigenvalue weighted by Gasteiger charge is -2.42. The van der Waals surface area contributed by atoms with Gasteiger partial charge >= 0.3 is 0 Å². The summed E-state index contributed by atoms with van der Waals surface area (Å²) in [6.07, 6.45) is 0. The molecule has 1 aliphatic rings. The lowest BCUT2D eigenvalue weighted by atomic mass is 10.0. The minimum atomic E-state index is -0.102. The van der Waals surface area contributed by atoms with E-state index in [-0.39, 0.29) is 11.1 Å². The largest absolute Gasteiger partial charge is 0.314 e.